The first-order chi connectivity index (χ1) is 8.30. The number of rotatable bonds is 5. The Morgan fingerprint density at radius 2 is 2.11 bits per heavy atom. The smallest absolute Gasteiger partial charge is 0.329 e. The summed E-state index contributed by atoms with van der Waals surface area (Å²) in [6.07, 6.45) is 0.350. The minimum atomic E-state index is -1.17. The summed E-state index contributed by atoms with van der Waals surface area (Å²) in [7, 11) is 0. The summed E-state index contributed by atoms with van der Waals surface area (Å²) in [6, 6.07) is 4.51. The van der Waals surface area contributed by atoms with E-state index in [1.54, 1.807) is 19.1 Å². The van der Waals surface area contributed by atoms with Crippen LogP contribution in [0.3, 0.4) is 0 Å². The van der Waals surface area contributed by atoms with Crippen molar-refractivity contribution in [3.05, 3.63) is 28.8 Å². The molecule has 0 spiro atoms. The SMILES string of the molecule is CCC(C)(Nc1ccc(Cl)cc1C(N)=O)C(=O)O. The molecule has 4 N–H and O–H groups in total. The van der Waals surface area contributed by atoms with Crippen LogP contribution in [0.25, 0.3) is 0 Å². The van der Waals surface area contributed by atoms with Crippen molar-refractivity contribution in [1.82, 2.24) is 0 Å². The fraction of sp³-hybridized carbons (Fsp3) is 0.333. The van der Waals surface area contributed by atoms with Crippen molar-refractivity contribution in [2.75, 3.05) is 5.32 Å². The molecule has 98 valence electrons. The molecule has 0 aliphatic heterocycles. The largest absolute Gasteiger partial charge is 0.480 e. The van der Waals surface area contributed by atoms with E-state index in [9.17, 15) is 14.7 Å². The second-order valence-electron chi connectivity index (χ2n) is 4.17. The quantitative estimate of drug-likeness (QED) is 0.764. The summed E-state index contributed by atoms with van der Waals surface area (Å²) in [5.41, 5.74) is 4.60. The molecule has 0 radical (unpaired) electrons. The predicted octanol–water partition coefficient (Wildman–Crippen LogP) is 2.10. The maximum absolute atomic E-state index is 11.3. The number of anilines is 1. The lowest BCUT2D eigenvalue weighted by Crippen LogP contribution is -2.43. The number of amides is 1. The van der Waals surface area contributed by atoms with Crippen LogP contribution in [0.1, 0.15) is 30.6 Å². The minimum absolute atomic E-state index is 0.170. The zero-order chi connectivity index (χ0) is 13.9. The molecule has 1 atom stereocenters. The molecule has 0 heterocycles. The van der Waals surface area contributed by atoms with E-state index in [4.69, 9.17) is 17.3 Å². The first kappa shape index (κ1) is 14.3. The van der Waals surface area contributed by atoms with Gasteiger partial charge in [0.15, 0.2) is 0 Å². The molecule has 0 aliphatic carbocycles. The summed E-state index contributed by atoms with van der Waals surface area (Å²) in [5.74, 6) is -1.67. The first-order valence-electron chi connectivity index (χ1n) is 5.41. The standard InChI is InChI=1S/C12H15ClN2O3/c1-3-12(2,11(17)18)15-9-5-4-7(13)6-8(9)10(14)16/h4-6,15H,3H2,1-2H3,(H2,14,16)(H,17,18). The van der Waals surface area contributed by atoms with Crippen molar-refractivity contribution in [2.24, 2.45) is 5.73 Å². The number of carboxylic acids is 1. The lowest BCUT2D eigenvalue weighted by atomic mass is 9.98. The number of nitrogens with one attached hydrogen (secondary N) is 1. The fourth-order valence-electron chi connectivity index (χ4n) is 1.42. The van der Waals surface area contributed by atoms with Gasteiger partial charge in [-0.15, -0.1) is 0 Å². The Balaban J connectivity index is 3.18. The number of hydrogen-bond donors (Lipinski definition) is 3. The van der Waals surface area contributed by atoms with E-state index in [1.165, 1.54) is 13.0 Å². The Hall–Kier alpha value is -1.75. The highest BCUT2D eigenvalue weighted by atomic mass is 35.5. The molecule has 0 bridgehead atoms. The number of hydrogen-bond acceptors (Lipinski definition) is 3. The summed E-state index contributed by atoms with van der Waals surface area (Å²) in [6.45, 7) is 3.27. The van der Waals surface area contributed by atoms with Crippen molar-refractivity contribution >= 4 is 29.2 Å². The maximum Gasteiger partial charge on any atom is 0.329 e. The van der Waals surface area contributed by atoms with E-state index in [0.717, 1.165) is 0 Å². The van der Waals surface area contributed by atoms with Crippen LogP contribution in [0.2, 0.25) is 5.02 Å². The third-order valence-electron chi connectivity index (χ3n) is 2.84. The zero-order valence-electron chi connectivity index (χ0n) is 10.2. The Labute approximate surface area is 110 Å². The van der Waals surface area contributed by atoms with Crippen LogP contribution in [0.4, 0.5) is 5.69 Å². The molecule has 0 fully saturated rings. The average molecular weight is 271 g/mol. The molecular weight excluding hydrogens is 256 g/mol. The van der Waals surface area contributed by atoms with Gasteiger partial charge in [0.25, 0.3) is 5.91 Å². The van der Waals surface area contributed by atoms with Gasteiger partial charge >= 0.3 is 5.97 Å². The highest BCUT2D eigenvalue weighted by Gasteiger charge is 2.31. The van der Waals surface area contributed by atoms with Crippen molar-refractivity contribution < 1.29 is 14.7 Å². The normalized spacial score (nSPS) is 13.7. The van der Waals surface area contributed by atoms with Gasteiger partial charge in [0.05, 0.1) is 5.56 Å². The summed E-state index contributed by atoms with van der Waals surface area (Å²) in [4.78, 5) is 22.5. The maximum atomic E-state index is 11.3. The molecule has 6 heteroatoms. The van der Waals surface area contributed by atoms with Crippen molar-refractivity contribution in [2.45, 2.75) is 25.8 Å². The monoisotopic (exact) mass is 270 g/mol. The fourth-order valence-corrected chi connectivity index (χ4v) is 1.59. The van der Waals surface area contributed by atoms with Gasteiger partial charge in [-0.1, -0.05) is 18.5 Å². The van der Waals surface area contributed by atoms with Crippen LogP contribution in [0.15, 0.2) is 18.2 Å². The van der Waals surface area contributed by atoms with E-state index in [-0.39, 0.29) is 5.56 Å². The molecule has 1 unspecified atom stereocenters. The summed E-state index contributed by atoms with van der Waals surface area (Å²) < 4.78 is 0. The summed E-state index contributed by atoms with van der Waals surface area (Å²) >= 11 is 5.78. The van der Waals surface area contributed by atoms with Crippen molar-refractivity contribution in [1.29, 1.82) is 0 Å². The molecule has 1 amide bonds. The molecule has 0 saturated carbocycles. The molecule has 0 saturated heterocycles. The molecule has 5 nitrogen and oxygen atoms in total. The molecule has 1 aromatic rings. The molecule has 0 aromatic heterocycles. The van der Waals surface area contributed by atoms with E-state index in [1.807, 2.05) is 0 Å². The second-order valence-corrected chi connectivity index (χ2v) is 4.61. The van der Waals surface area contributed by atoms with E-state index >= 15 is 0 Å². The van der Waals surface area contributed by atoms with Gasteiger partial charge in [-0.2, -0.15) is 0 Å². The molecule has 1 aromatic carbocycles. The van der Waals surface area contributed by atoms with Crippen LogP contribution >= 0.6 is 11.6 Å². The van der Waals surface area contributed by atoms with Crippen LogP contribution in [0.5, 0.6) is 0 Å². The Morgan fingerprint density at radius 1 is 1.50 bits per heavy atom. The number of benzene rings is 1. The topological polar surface area (TPSA) is 92.4 Å². The molecular formula is C12H15ClN2O3. The Morgan fingerprint density at radius 3 is 2.56 bits per heavy atom. The number of primary amides is 1. The highest BCUT2D eigenvalue weighted by molar-refractivity contribution is 6.31. The van der Waals surface area contributed by atoms with Gasteiger partial charge < -0.3 is 16.2 Å². The number of carbonyl (C=O) groups excluding carboxylic acids is 1. The molecule has 18 heavy (non-hydrogen) atoms. The Bertz CT molecular complexity index is 490. The highest BCUT2D eigenvalue weighted by Crippen LogP contribution is 2.25. The number of halogens is 1. The van der Waals surface area contributed by atoms with Crippen molar-refractivity contribution in [3.63, 3.8) is 0 Å². The van der Waals surface area contributed by atoms with Gasteiger partial charge in [-0.3, -0.25) is 4.79 Å². The van der Waals surface area contributed by atoms with E-state index in [0.29, 0.717) is 17.1 Å². The lowest BCUT2D eigenvalue weighted by Gasteiger charge is -2.26. The number of aliphatic carboxylic acids is 1. The minimum Gasteiger partial charge on any atom is -0.480 e. The summed E-state index contributed by atoms with van der Waals surface area (Å²) in [5, 5.41) is 12.4. The Kier molecular flexibility index (Phi) is 4.19. The molecule has 1 rings (SSSR count). The van der Waals surface area contributed by atoms with Crippen LogP contribution in [-0.4, -0.2) is 22.5 Å². The zero-order valence-corrected chi connectivity index (χ0v) is 10.9. The second kappa shape index (κ2) is 5.27. The molecule has 0 aliphatic rings. The van der Waals surface area contributed by atoms with Crippen LogP contribution < -0.4 is 11.1 Å². The third-order valence-corrected chi connectivity index (χ3v) is 3.07. The van der Waals surface area contributed by atoms with Gasteiger partial charge in [-0.25, -0.2) is 4.79 Å². The van der Waals surface area contributed by atoms with Crippen LogP contribution in [0, 0.1) is 0 Å². The van der Waals surface area contributed by atoms with E-state index in [2.05, 4.69) is 5.32 Å². The van der Waals surface area contributed by atoms with Crippen LogP contribution in [-0.2, 0) is 4.79 Å². The third kappa shape index (κ3) is 2.92. The van der Waals surface area contributed by atoms with E-state index < -0.39 is 17.4 Å². The first-order valence-corrected chi connectivity index (χ1v) is 5.79. The van der Waals surface area contributed by atoms with Gasteiger partial charge in [0.2, 0.25) is 0 Å². The average Bonchev–Trinajstić information content (AvgIpc) is 2.30. The number of carbonyl (C=O) groups is 2. The van der Waals surface area contributed by atoms with Crippen molar-refractivity contribution in [3.8, 4) is 0 Å². The predicted molar refractivity (Wildman–Crippen MR) is 69.9 cm³/mol. The van der Waals surface area contributed by atoms with Gasteiger partial charge in [0, 0.05) is 10.7 Å². The lowest BCUT2D eigenvalue weighted by molar-refractivity contribution is -0.141. The number of carboxylic acid groups (broad SMARTS) is 1. The van der Waals surface area contributed by atoms with Gasteiger partial charge in [-0.05, 0) is 31.5 Å². The van der Waals surface area contributed by atoms with Gasteiger partial charge in [0.1, 0.15) is 5.54 Å². The number of nitrogens with two attached hydrogens (primary N) is 1.